The molecule has 2 unspecified atom stereocenters. The second kappa shape index (κ2) is 6.79. The van der Waals surface area contributed by atoms with Crippen LogP contribution in [0.25, 0.3) is 0 Å². The summed E-state index contributed by atoms with van der Waals surface area (Å²) in [5.41, 5.74) is -0.778. The molecule has 1 heterocycles. The minimum atomic E-state index is -1.60. The number of nitrogens with zero attached hydrogens (tertiary/aromatic N) is 3. The lowest BCUT2D eigenvalue weighted by Crippen LogP contribution is -3.11. The van der Waals surface area contributed by atoms with Crippen molar-refractivity contribution in [2.24, 2.45) is 23.2 Å². The van der Waals surface area contributed by atoms with Crippen molar-refractivity contribution >= 4 is 5.71 Å². The summed E-state index contributed by atoms with van der Waals surface area (Å²) in [6, 6.07) is 13.9. The van der Waals surface area contributed by atoms with Crippen molar-refractivity contribution in [2.75, 3.05) is 27.2 Å². The van der Waals surface area contributed by atoms with Gasteiger partial charge in [-0.25, -0.2) is 0 Å². The van der Waals surface area contributed by atoms with Crippen molar-refractivity contribution in [1.82, 2.24) is 0 Å². The molecule has 132 valence electrons. The van der Waals surface area contributed by atoms with E-state index in [1.54, 1.807) is 7.11 Å². The molecule has 1 aliphatic carbocycles. The number of quaternary nitrogens is 1. The van der Waals surface area contributed by atoms with Gasteiger partial charge in [0.1, 0.15) is 5.75 Å². The van der Waals surface area contributed by atoms with Gasteiger partial charge in [-0.15, -0.1) is 0 Å². The quantitative estimate of drug-likeness (QED) is 0.835. The van der Waals surface area contributed by atoms with Gasteiger partial charge in [-0.05, 0) is 23.6 Å². The fourth-order valence-electron chi connectivity index (χ4n) is 4.76. The first kappa shape index (κ1) is 17.9. The number of nitriles is 3. The molecule has 1 aromatic rings. The molecule has 26 heavy (non-hydrogen) atoms. The lowest BCUT2D eigenvalue weighted by Gasteiger charge is -2.49. The van der Waals surface area contributed by atoms with Gasteiger partial charge in [-0.2, -0.15) is 15.8 Å². The van der Waals surface area contributed by atoms with Gasteiger partial charge < -0.3 is 15.0 Å². The second-order valence-corrected chi connectivity index (χ2v) is 7.33. The third-order valence-electron chi connectivity index (χ3n) is 6.06. The normalized spacial score (nSPS) is 32.4. The number of nitrogens with one attached hydrogen (secondary N) is 2. The van der Waals surface area contributed by atoms with Gasteiger partial charge in [0.05, 0.1) is 57.1 Å². The van der Waals surface area contributed by atoms with Crippen LogP contribution in [0.3, 0.4) is 0 Å². The first-order chi connectivity index (χ1) is 12.5. The maximum Gasteiger partial charge on any atom is 0.189 e. The number of ether oxygens (including phenoxy) is 1. The van der Waals surface area contributed by atoms with Gasteiger partial charge in [0, 0.05) is 18.3 Å². The van der Waals surface area contributed by atoms with Crippen LogP contribution in [0.15, 0.2) is 24.3 Å². The average molecular weight is 348 g/mol. The van der Waals surface area contributed by atoms with E-state index in [9.17, 15) is 15.8 Å². The number of hydrogen-bond acceptors (Lipinski definition) is 5. The highest BCUT2D eigenvalue weighted by Gasteiger charge is 2.60. The molecule has 6 nitrogen and oxygen atoms in total. The molecule has 2 fully saturated rings. The van der Waals surface area contributed by atoms with Crippen LogP contribution in [0.2, 0.25) is 0 Å². The number of rotatable bonds is 2. The second-order valence-electron chi connectivity index (χ2n) is 7.33. The molecule has 6 heteroatoms. The summed E-state index contributed by atoms with van der Waals surface area (Å²) in [6.45, 7) is 1.73. The minimum Gasteiger partial charge on any atom is -0.497 e. The standard InChI is InChI=1S/C20H21N5O/c1-25-8-7-15-16(9-21)19(24)20(11-22,12-23)18(17(15)10-25)13-3-5-14(26-2)6-4-13/h3-6,15-18,24H,7-8,10H2,1-2H3/p+1/t15-,16?,17-,18+/m1/s1. The summed E-state index contributed by atoms with van der Waals surface area (Å²) in [6.07, 6.45) is 0.830. The van der Waals surface area contributed by atoms with Gasteiger partial charge in [0.25, 0.3) is 0 Å². The van der Waals surface area contributed by atoms with E-state index in [1.165, 1.54) is 4.90 Å². The first-order valence-corrected chi connectivity index (χ1v) is 8.78. The minimum absolute atomic E-state index is 0.00944. The highest BCUT2D eigenvalue weighted by molar-refractivity contribution is 5.98. The molecule has 0 aromatic heterocycles. The largest absolute Gasteiger partial charge is 0.497 e. The summed E-state index contributed by atoms with van der Waals surface area (Å²) >= 11 is 0. The Morgan fingerprint density at radius 2 is 1.81 bits per heavy atom. The first-order valence-electron chi connectivity index (χ1n) is 8.78. The van der Waals surface area contributed by atoms with E-state index in [1.807, 2.05) is 24.3 Å². The smallest absolute Gasteiger partial charge is 0.189 e. The molecule has 1 aromatic carbocycles. The van der Waals surface area contributed by atoms with E-state index in [2.05, 4.69) is 25.3 Å². The monoisotopic (exact) mass is 348 g/mol. The number of piperidine rings is 1. The molecule has 1 saturated heterocycles. The van der Waals surface area contributed by atoms with Crippen molar-refractivity contribution in [1.29, 1.82) is 21.2 Å². The molecular weight excluding hydrogens is 326 g/mol. The Labute approximate surface area is 153 Å². The van der Waals surface area contributed by atoms with Gasteiger partial charge in [0.2, 0.25) is 0 Å². The van der Waals surface area contributed by atoms with E-state index in [4.69, 9.17) is 10.1 Å². The van der Waals surface area contributed by atoms with Gasteiger partial charge in [-0.3, -0.25) is 0 Å². The molecule has 0 spiro atoms. The average Bonchev–Trinajstić information content (AvgIpc) is 2.67. The summed E-state index contributed by atoms with van der Waals surface area (Å²) in [5.74, 6) is -0.354. The summed E-state index contributed by atoms with van der Waals surface area (Å²) in [4.78, 5) is 1.33. The van der Waals surface area contributed by atoms with Crippen LogP contribution in [-0.4, -0.2) is 33.0 Å². The molecule has 0 bridgehead atoms. The fraction of sp³-hybridized carbons (Fsp3) is 0.500. The zero-order valence-corrected chi connectivity index (χ0v) is 15.0. The fourth-order valence-corrected chi connectivity index (χ4v) is 4.76. The van der Waals surface area contributed by atoms with Crippen LogP contribution in [0.5, 0.6) is 5.75 Å². The van der Waals surface area contributed by atoms with E-state index in [0.717, 1.165) is 25.1 Å². The Bertz CT molecular complexity index is 812. The molecule has 0 radical (unpaired) electrons. The number of methoxy groups -OCH3 is 1. The number of benzene rings is 1. The lowest BCUT2D eigenvalue weighted by molar-refractivity contribution is -0.891. The Hall–Kier alpha value is -2.88. The molecule has 2 N–H and O–H groups in total. The number of hydrogen-bond donors (Lipinski definition) is 2. The molecule has 5 atom stereocenters. The van der Waals surface area contributed by atoms with Crippen molar-refractivity contribution in [2.45, 2.75) is 12.3 Å². The summed E-state index contributed by atoms with van der Waals surface area (Å²) in [5, 5.41) is 38.2. The third kappa shape index (κ3) is 2.53. The van der Waals surface area contributed by atoms with Crippen molar-refractivity contribution in [3.63, 3.8) is 0 Å². The Balaban J connectivity index is 2.18. The zero-order valence-electron chi connectivity index (χ0n) is 15.0. The molecule has 1 saturated carbocycles. The van der Waals surface area contributed by atoms with E-state index in [-0.39, 0.29) is 17.5 Å². The highest BCUT2D eigenvalue weighted by atomic mass is 16.5. The molecular formula is C20H22N5O+. The maximum absolute atomic E-state index is 9.96. The van der Waals surface area contributed by atoms with Crippen LogP contribution >= 0.6 is 0 Å². The van der Waals surface area contributed by atoms with Crippen molar-refractivity contribution in [3.8, 4) is 24.0 Å². The zero-order chi connectivity index (χ0) is 18.9. The predicted octanol–water partition coefficient (Wildman–Crippen LogP) is 1.14. The number of fused-ring (bicyclic) bond motifs is 1. The van der Waals surface area contributed by atoms with Crippen LogP contribution in [0.1, 0.15) is 17.9 Å². The Morgan fingerprint density at radius 1 is 1.15 bits per heavy atom. The summed E-state index contributed by atoms with van der Waals surface area (Å²) < 4.78 is 5.22. The van der Waals surface area contributed by atoms with Gasteiger partial charge in [-0.1, -0.05) is 12.1 Å². The molecule has 3 rings (SSSR count). The predicted molar refractivity (Wildman–Crippen MR) is 94.4 cm³/mol. The van der Waals surface area contributed by atoms with Gasteiger partial charge in [0.15, 0.2) is 5.41 Å². The SMILES string of the molecule is COc1ccc([C@H]2[C@@H]3C[NH+](C)CC[C@@H]3C(C#N)C(=N)C2(C#N)C#N)cc1. The van der Waals surface area contributed by atoms with E-state index >= 15 is 0 Å². The van der Waals surface area contributed by atoms with Crippen LogP contribution in [0, 0.1) is 62.6 Å². The lowest BCUT2D eigenvalue weighted by atomic mass is 9.51. The van der Waals surface area contributed by atoms with E-state index < -0.39 is 17.3 Å². The topological polar surface area (TPSA) is 109 Å². The van der Waals surface area contributed by atoms with Crippen LogP contribution < -0.4 is 9.64 Å². The molecule has 1 aliphatic heterocycles. The Morgan fingerprint density at radius 3 is 2.35 bits per heavy atom. The van der Waals surface area contributed by atoms with E-state index in [0.29, 0.717) is 5.75 Å². The number of likely N-dealkylation sites (tertiary alicyclic amines) is 1. The van der Waals surface area contributed by atoms with Crippen LogP contribution in [-0.2, 0) is 0 Å². The van der Waals surface area contributed by atoms with Gasteiger partial charge >= 0.3 is 0 Å². The highest BCUT2D eigenvalue weighted by Crippen LogP contribution is 2.53. The van der Waals surface area contributed by atoms with Crippen LogP contribution in [0.4, 0.5) is 0 Å². The molecule has 2 aliphatic rings. The van der Waals surface area contributed by atoms with Crippen molar-refractivity contribution < 1.29 is 9.64 Å². The molecule has 0 amide bonds. The maximum atomic E-state index is 9.96. The van der Waals surface area contributed by atoms with Crippen molar-refractivity contribution in [3.05, 3.63) is 29.8 Å². The Kier molecular flexibility index (Phi) is 4.68. The third-order valence-corrected chi connectivity index (χ3v) is 6.06. The summed E-state index contributed by atoms with van der Waals surface area (Å²) in [7, 11) is 3.69.